The Labute approximate surface area is 82.9 Å². The molecule has 0 spiro atoms. The number of pyridine rings is 1. The molecule has 1 rings (SSSR count). The Bertz CT molecular complexity index is 272. The third kappa shape index (κ3) is 1.92. The zero-order chi connectivity index (χ0) is 10.6. The molecule has 1 heterocycles. The first-order chi connectivity index (χ1) is 6.68. The molecule has 3 N–H and O–H groups in total. The van der Waals surface area contributed by atoms with E-state index in [0.717, 1.165) is 5.69 Å². The van der Waals surface area contributed by atoms with Crippen LogP contribution in [0.1, 0.15) is 11.3 Å². The Morgan fingerprint density at radius 1 is 1.14 bits per heavy atom. The summed E-state index contributed by atoms with van der Waals surface area (Å²) < 4.78 is 0. The molecule has 1 aromatic rings. The second-order valence-electron chi connectivity index (χ2n) is 3.44. The van der Waals surface area contributed by atoms with E-state index in [1.807, 2.05) is 6.92 Å². The highest BCUT2D eigenvalue weighted by Crippen LogP contribution is 2.21. The van der Waals surface area contributed by atoms with Gasteiger partial charge in [0.1, 0.15) is 0 Å². The Morgan fingerprint density at radius 2 is 1.71 bits per heavy atom. The number of rotatable bonds is 4. The van der Waals surface area contributed by atoms with Gasteiger partial charge in [-0.3, -0.25) is 4.98 Å². The third-order valence-electron chi connectivity index (χ3n) is 2.43. The highest BCUT2D eigenvalue weighted by molar-refractivity contribution is 5.24. The molecule has 0 radical (unpaired) electrons. The van der Waals surface area contributed by atoms with E-state index < -0.39 is 5.41 Å². The van der Waals surface area contributed by atoms with Crippen molar-refractivity contribution < 1.29 is 15.3 Å². The standard InChI is InChI=1S/C10H15NO3/c1-8-2-3-9(4-11-8)10(5-12,6-13)7-14/h2-4,12-14H,5-7H2,1H3. The minimum Gasteiger partial charge on any atom is -0.395 e. The van der Waals surface area contributed by atoms with Crippen molar-refractivity contribution in [2.45, 2.75) is 12.3 Å². The van der Waals surface area contributed by atoms with E-state index in [1.165, 1.54) is 0 Å². The molecule has 1 aromatic heterocycles. The van der Waals surface area contributed by atoms with E-state index in [0.29, 0.717) is 5.56 Å². The van der Waals surface area contributed by atoms with Crippen molar-refractivity contribution in [2.75, 3.05) is 19.8 Å². The molecule has 0 amide bonds. The van der Waals surface area contributed by atoms with Gasteiger partial charge in [-0.25, -0.2) is 0 Å². The number of aliphatic hydroxyl groups is 3. The second-order valence-corrected chi connectivity index (χ2v) is 3.44. The molecule has 4 heteroatoms. The SMILES string of the molecule is Cc1ccc(C(CO)(CO)CO)cn1. The molecular formula is C10H15NO3. The van der Waals surface area contributed by atoms with Crippen molar-refractivity contribution in [1.29, 1.82) is 0 Å². The predicted molar refractivity (Wildman–Crippen MR) is 51.9 cm³/mol. The van der Waals surface area contributed by atoms with Crippen molar-refractivity contribution in [3.8, 4) is 0 Å². The summed E-state index contributed by atoms with van der Waals surface area (Å²) in [7, 11) is 0. The van der Waals surface area contributed by atoms with Gasteiger partial charge in [0.2, 0.25) is 0 Å². The molecule has 0 fully saturated rings. The van der Waals surface area contributed by atoms with E-state index >= 15 is 0 Å². The summed E-state index contributed by atoms with van der Waals surface area (Å²) >= 11 is 0. The summed E-state index contributed by atoms with van der Waals surface area (Å²) in [5.41, 5.74) is 0.521. The number of aryl methyl sites for hydroxylation is 1. The Hall–Kier alpha value is -0.970. The molecule has 0 aliphatic rings. The first-order valence-corrected chi connectivity index (χ1v) is 4.44. The van der Waals surface area contributed by atoms with Crippen LogP contribution >= 0.6 is 0 Å². The average molecular weight is 197 g/mol. The average Bonchev–Trinajstić information content (AvgIpc) is 2.24. The fourth-order valence-electron chi connectivity index (χ4n) is 1.21. The van der Waals surface area contributed by atoms with Gasteiger partial charge in [-0.05, 0) is 18.6 Å². The van der Waals surface area contributed by atoms with Crippen LogP contribution in [-0.4, -0.2) is 40.1 Å². The highest BCUT2D eigenvalue weighted by atomic mass is 16.3. The van der Waals surface area contributed by atoms with Crippen LogP contribution in [0.4, 0.5) is 0 Å². The second kappa shape index (κ2) is 4.50. The number of aromatic nitrogens is 1. The summed E-state index contributed by atoms with van der Waals surface area (Å²) in [6, 6.07) is 3.54. The van der Waals surface area contributed by atoms with E-state index in [2.05, 4.69) is 4.98 Å². The normalized spacial score (nSPS) is 11.7. The van der Waals surface area contributed by atoms with Gasteiger partial charge in [0.25, 0.3) is 0 Å². The number of aliphatic hydroxyl groups excluding tert-OH is 3. The molecule has 0 saturated carbocycles. The summed E-state index contributed by atoms with van der Waals surface area (Å²) in [6.07, 6.45) is 1.57. The van der Waals surface area contributed by atoms with Crippen LogP contribution in [0.5, 0.6) is 0 Å². The molecular weight excluding hydrogens is 182 g/mol. The lowest BCUT2D eigenvalue weighted by atomic mass is 9.84. The molecule has 78 valence electrons. The van der Waals surface area contributed by atoms with E-state index in [-0.39, 0.29) is 19.8 Å². The lowest BCUT2D eigenvalue weighted by Crippen LogP contribution is -2.38. The maximum Gasteiger partial charge on any atom is 0.0660 e. The Morgan fingerprint density at radius 3 is 2.07 bits per heavy atom. The van der Waals surface area contributed by atoms with Crippen molar-refractivity contribution in [2.24, 2.45) is 0 Å². The van der Waals surface area contributed by atoms with Gasteiger partial charge in [0.05, 0.1) is 25.2 Å². The van der Waals surface area contributed by atoms with E-state index in [9.17, 15) is 0 Å². The topological polar surface area (TPSA) is 73.6 Å². The van der Waals surface area contributed by atoms with Crippen LogP contribution in [0.3, 0.4) is 0 Å². The van der Waals surface area contributed by atoms with Crippen molar-refractivity contribution in [3.05, 3.63) is 29.6 Å². The summed E-state index contributed by atoms with van der Waals surface area (Å²) in [4.78, 5) is 4.06. The van der Waals surface area contributed by atoms with Crippen LogP contribution < -0.4 is 0 Å². The van der Waals surface area contributed by atoms with Crippen molar-refractivity contribution in [3.63, 3.8) is 0 Å². The number of nitrogens with zero attached hydrogens (tertiary/aromatic N) is 1. The zero-order valence-electron chi connectivity index (χ0n) is 8.14. The van der Waals surface area contributed by atoms with Crippen LogP contribution in [0, 0.1) is 6.92 Å². The van der Waals surface area contributed by atoms with Crippen LogP contribution in [0.25, 0.3) is 0 Å². The zero-order valence-corrected chi connectivity index (χ0v) is 8.14. The van der Waals surface area contributed by atoms with Gasteiger partial charge in [-0.15, -0.1) is 0 Å². The van der Waals surface area contributed by atoms with Crippen LogP contribution in [0.2, 0.25) is 0 Å². The Balaban J connectivity index is 3.05. The molecule has 4 nitrogen and oxygen atoms in total. The van der Waals surface area contributed by atoms with Crippen molar-refractivity contribution >= 4 is 0 Å². The minimum absolute atomic E-state index is 0.301. The summed E-state index contributed by atoms with van der Waals surface area (Å²) in [5, 5.41) is 27.5. The summed E-state index contributed by atoms with van der Waals surface area (Å²) in [5.74, 6) is 0. The lowest BCUT2D eigenvalue weighted by molar-refractivity contribution is 0.0638. The largest absolute Gasteiger partial charge is 0.395 e. The first kappa shape index (κ1) is 11.1. The third-order valence-corrected chi connectivity index (χ3v) is 2.43. The molecule has 0 aliphatic carbocycles. The monoisotopic (exact) mass is 197 g/mol. The van der Waals surface area contributed by atoms with Crippen molar-refractivity contribution in [1.82, 2.24) is 4.98 Å². The quantitative estimate of drug-likeness (QED) is 0.614. The smallest absolute Gasteiger partial charge is 0.0660 e. The maximum absolute atomic E-state index is 9.15. The fourth-order valence-corrected chi connectivity index (χ4v) is 1.21. The van der Waals surface area contributed by atoms with Gasteiger partial charge >= 0.3 is 0 Å². The van der Waals surface area contributed by atoms with Gasteiger partial charge in [0.15, 0.2) is 0 Å². The molecule has 0 aliphatic heterocycles. The predicted octanol–water partition coefficient (Wildman–Crippen LogP) is -0.395. The fraction of sp³-hybridized carbons (Fsp3) is 0.500. The van der Waals surface area contributed by atoms with E-state index in [4.69, 9.17) is 15.3 Å². The van der Waals surface area contributed by atoms with Crippen LogP contribution in [0.15, 0.2) is 18.3 Å². The molecule has 0 atom stereocenters. The molecule has 0 aromatic carbocycles. The van der Waals surface area contributed by atoms with Crippen LogP contribution in [-0.2, 0) is 5.41 Å². The first-order valence-electron chi connectivity index (χ1n) is 4.44. The van der Waals surface area contributed by atoms with Gasteiger partial charge in [0, 0.05) is 11.9 Å². The minimum atomic E-state index is -0.985. The van der Waals surface area contributed by atoms with Gasteiger partial charge in [-0.1, -0.05) is 6.07 Å². The summed E-state index contributed by atoms with van der Waals surface area (Å²) in [6.45, 7) is 0.947. The van der Waals surface area contributed by atoms with Gasteiger partial charge < -0.3 is 15.3 Å². The molecule has 0 bridgehead atoms. The molecule has 0 saturated heterocycles. The highest BCUT2D eigenvalue weighted by Gasteiger charge is 2.30. The Kier molecular flexibility index (Phi) is 3.57. The van der Waals surface area contributed by atoms with E-state index in [1.54, 1.807) is 18.3 Å². The maximum atomic E-state index is 9.15. The molecule has 0 unspecified atom stereocenters. The van der Waals surface area contributed by atoms with Gasteiger partial charge in [-0.2, -0.15) is 0 Å². The number of hydrogen-bond acceptors (Lipinski definition) is 4. The number of hydrogen-bond donors (Lipinski definition) is 3. The molecule has 14 heavy (non-hydrogen) atoms. The lowest BCUT2D eigenvalue weighted by Gasteiger charge is -2.27.